The third-order valence-electron chi connectivity index (χ3n) is 3.34. The minimum absolute atomic E-state index is 0.0903. The SMILES string of the molecule is COCCCNC(=O)CNCCC1CCCC1. The third kappa shape index (κ3) is 7.34. The molecule has 0 aromatic rings. The predicted molar refractivity (Wildman–Crippen MR) is 68.9 cm³/mol. The van der Waals surface area contributed by atoms with Gasteiger partial charge in [-0.2, -0.15) is 0 Å². The van der Waals surface area contributed by atoms with Crippen LogP contribution in [0.1, 0.15) is 38.5 Å². The molecule has 0 aromatic heterocycles. The van der Waals surface area contributed by atoms with Crippen molar-refractivity contribution in [3.05, 3.63) is 0 Å². The van der Waals surface area contributed by atoms with E-state index in [9.17, 15) is 4.79 Å². The van der Waals surface area contributed by atoms with Crippen LogP contribution in [0, 0.1) is 5.92 Å². The van der Waals surface area contributed by atoms with E-state index in [4.69, 9.17) is 4.74 Å². The van der Waals surface area contributed by atoms with E-state index in [0.717, 1.165) is 18.9 Å². The molecule has 2 N–H and O–H groups in total. The van der Waals surface area contributed by atoms with Crippen molar-refractivity contribution in [3.63, 3.8) is 0 Å². The molecule has 0 saturated heterocycles. The molecule has 4 heteroatoms. The number of carbonyl (C=O) groups excluding carboxylic acids is 1. The second-order valence-electron chi connectivity index (χ2n) is 4.81. The summed E-state index contributed by atoms with van der Waals surface area (Å²) < 4.78 is 4.91. The molecule has 1 amide bonds. The van der Waals surface area contributed by atoms with Crippen molar-refractivity contribution in [2.75, 3.05) is 33.4 Å². The van der Waals surface area contributed by atoms with E-state index in [1.54, 1.807) is 7.11 Å². The Bertz CT molecular complexity index is 204. The summed E-state index contributed by atoms with van der Waals surface area (Å²) in [5, 5.41) is 6.07. The minimum Gasteiger partial charge on any atom is -0.385 e. The monoisotopic (exact) mass is 242 g/mol. The number of nitrogens with one attached hydrogen (secondary N) is 2. The molecule has 0 atom stereocenters. The van der Waals surface area contributed by atoms with Crippen LogP contribution < -0.4 is 10.6 Å². The van der Waals surface area contributed by atoms with Crippen molar-refractivity contribution in [3.8, 4) is 0 Å². The lowest BCUT2D eigenvalue weighted by Crippen LogP contribution is -2.35. The van der Waals surface area contributed by atoms with Gasteiger partial charge in [0.1, 0.15) is 0 Å². The zero-order valence-corrected chi connectivity index (χ0v) is 11.0. The van der Waals surface area contributed by atoms with Crippen LogP contribution in [0.5, 0.6) is 0 Å². The quantitative estimate of drug-likeness (QED) is 0.599. The van der Waals surface area contributed by atoms with Gasteiger partial charge < -0.3 is 15.4 Å². The highest BCUT2D eigenvalue weighted by atomic mass is 16.5. The fourth-order valence-corrected chi connectivity index (χ4v) is 2.31. The van der Waals surface area contributed by atoms with E-state index in [1.807, 2.05) is 0 Å². The molecule has 0 aromatic carbocycles. The van der Waals surface area contributed by atoms with Gasteiger partial charge in [-0.3, -0.25) is 4.79 Å². The second-order valence-corrected chi connectivity index (χ2v) is 4.81. The normalized spacial score (nSPS) is 16.3. The Morgan fingerprint density at radius 2 is 2.06 bits per heavy atom. The highest BCUT2D eigenvalue weighted by molar-refractivity contribution is 5.77. The molecule has 4 nitrogen and oxygen atoms in total. The molecule has 1 saturated carbocycles. The minimum atomic E-state index is 0.0903. The molecule has 0 unspecified atom stereocenters. The Balaban J connectivity index is 1.85. The van der Waals surface area contributed by atoms with Gasteiger partial charge in [-0.05, 0) is 25.3 Å². The maximum absolute atomic E-state index is 11.4. The summed E-state index contributed by atoms with van der Waals surface area (Å²) in [6.07, 6.45) is 7.65. The Morgan fingerprint density at radius 1 is 1.29 bits per heavy atom. The smallest absolute Gasteiger partial charge is 0.233 e. The summed E-state index contributed by atoms with van der Waals surface area (Å²) in [5.41, 5.74) is 0. The summed E-state index contributed by atoms with van der Waals surface area (Å²) >= 11 is 0. The van der Waals surface area contributed by atoms with Crippen molar-refractivity contribution >= 4 is 5.91 Å². The Labute approximate surface area is 104 Å². The van der Waals surface area contributed by atoms with Crippen molar-refractivity contribution in [2.45, 2.75) is 38.5 Å². The molecule has 100 valence electrons. The predicted octanol–water partition coefficient (Wildman–Crippen LogP) is 1.31. The summed E-state index contributed by atoms with van der Waals surface area (Å²) in [5.74, 6) is 0.986. The number of amides is 1. The van der Waals surface area contributed by atoms with E-state index in [1.165, 1.54) is 32.1 Å². The second kappa shape index (κ2) is 9.42. The molecule has 0 spiro atoms. The molecule has 1 fully saturated rings. The topological polar surface area (TPSA) is 50.4 Å². The highest BCUT2D eigenvalue weighted by Gasteiger charge is 2.13. The van der Waals surface area contributed by atoms with Gasteiger partial charge in [0.05, 0.1) is 6.54 Å². The molecular weight excluding hydrogens is 216 g/mol. The van der Waals surface area contributed by atoms with E-state index in [-0.39, 0.29) is 5.91 Å². The molecular formula is C13H26N2O2. The van der Waals surface area contributed by atoms with Crippen molar-refractivity contribution < 1.29 is 9.53 Å². The largest absolute Gasteiger partial charge is 0.385 e. The van der Waals surface area contributed by atoms with Crippen LogP contribution in [-0.2, 0) is 9.53 Å². The molecule has 17 heavy (non-hydrogen) atoms. The van der Waals surface area contributed by atoms with Crippen LogP contribution >= 0.6 is 0 Å². The maximum atomic E-state index is 11.4. The summed E-state index contributed by atoms with van der Waals surface area (Å²) in [6.45, 7) is 2.82. The lowest BCUT2D eigenvalue weighted by Gasteiger charge is -2.10. The van der Waals surface area contributed by atoms with Gasteiger partial charge in [-0.25, -0.2) is 0 Å². The van der Waals surface area contributed by atoms with E-state index in [0.29, 0.717) is 19.7 Å². The van der Waals surface area contributed by atoms with E-state index in [2.05, 4.69) is 10.6 Å². The average Bonchev–Trinajstić information content (AvgIpc) is 2.83. The molecule has 1 aliphatic carbocycles. The zero-order chi connectivity index (χ0) is 12.3. The first-order valence-electron chi connectivity index (χ1n) is 6.79. The fraction of sp³-hybridized carbons (Fsp3) is 0.923. The number of methoxy groups -OCH3 is 1. The van der Waals surface area contributed by atoms with Gasteiger partial charge >= 0.3 is 0 Å². The first-order chi connectivity index (χ1) is 8.33. The maximum Gasteiger partial charge on any atom is 0.233 e. The number of hydrogen-bond acceptors (Lipinski definition) is 3. The van der Waals surface area contributed by atoms with Crippen LogP contribution in [0.2, 0.25) is 0 Å². The van der Waals surface area contributed by atoms with Crippen LogP contribution in [0.4, 0.5) is 0 Å². The Morgan fingerprint density at radius 3 is 2.76 bits per heavy atom. The Kier molecular flexibility index (Phi) is 8.01. The number of hydrogen-bond donors (Lipinski definition) is 2. The van der Waals surface area contributed by atoms with Gasteiger partial charge in [-0.15, -0.1) is 0 Å². The first kappa shape index (κ1) is 14.5. The molecule has 0 radical (unpaired) electrons. The number of carbonyl (C=O) groups is 1. The first-order valence-corrected chi connectivity index (χ1v) is 6.79. The zero-order valence-electron chi connectivity index (χ0n) is 11.0. The van der Waals surface area contributed by atoms with Crippen LogP contribution in [-0.4, -0.2) is 39.3 Å². The van der Waals surface area contributed by atoms with Gasteiger partial charge in [0.2, 0.25) is 5.91 Å². The molecule has 1 rings (SSSR count). The summed E-state index contributed by atoms with van der Waals surface area (Å²) in [4.78, 5) is 11.4. The summed E-state index contributed by atoms with van der Waals surface area (Å²) in [6, 6.07) is 0. The Hall–Kier alpha value is -0.610. The third-order valence-corrected chi connectivity index (χ3v) is 3.34. The molecule has 0 heterocycles. The van der Waals surface area contributed by atoms with Crippen LogP contribution in [0.15, 0.2) is 0 Å². The summed E-state index contributed by atoms with van der Waals surface area (Å²) in [7, 11) is 1.67. The van der Waals surface area contributed by atoms with Crippen LogP contribution in [0.25, 0.3) is 0 Å². The lowest BCUT2D eigenvalue weighted by atomic mass is 10.0. The number of ether oxygens (including phenoxy) is 1. The average molecular weight is 242 g/mol. The standard InChI is InChI=1S/C13H26N2O2/c1-17-10-4-8-15-13(16)11-14-9-7-12-5-2-3-6-12/h12,14H,2-11H2,1H3,(H,15,16). The van der Waals surface area contributed by atoms with Gasteiger partial charge in [0, 0.05) is 20.3 Å². The molecule has 0 bridgehead atoms. The van der Waals surface area contributed by atoms with E-state index < -0.39 is 0 Å². The fourth-order valence-electron chi connectivity index (χ4n) is 2.31. The van der Waals surface area contributed by atoms with Crippen molar-refractivity contribution in [2.24, 2.45) is 5.92 Å². The van der Waals surface area contributed by atoms with Crippen LogP contribution in [0.3, 0.4) is 0 Å². The van der Waals surface area contributed by atoms with Crippen molar-refractivity contribution in [1.29, 1.82) is 0 Å². The lowest BCUT2D eigenvalue weighted by molar-refractivity contribution is -0.120. The van der Waals surface area contributed by atoms with Gasteiger partial charge in [-0.1, -0.05) is 25.7 Å². The van der Waals surface area contributed by atoms with Gasteiger partial charge in [0.25, 0.3) is 0 Å². The van der Waals surface area contributed by atoms with E-state index >= 15 is 0 Å². The van der Waals surface area contributed by atoms with Crippen molar-refractivity contribution in [1.82, 2.24) is 10.6 Å². The molecule has 0 aliphatic heterocycles. The van der Waals surface area contributed by atoms with Gasteiger partial charge in [0.15, 0.2) is 0 Å². The number of rotatable bonds is 9. The molecule has 1 aliphatic rings. The highest BCUT2D eigenvalue weighted by Crippen LogP contribution is 2.26.